The number of carbonyl (C=O) groups is 1. The Morgan fingerprint density at radius 3 is 2.33 bits per heavy atom. The van der Waals surface area contributed by atoms with E-state index in [4.69, 9.17) is 4.74 Å². The van der Waals surface area contributed by atoms with Gasteiger partial charge in [-0.2, -0.15) is 0 Å². The lowest BCUT2D eigenvalue weighted by Gasteiger charge is -2.21. The van der Waals surface area contributed by atoms with Crippen molar-refractivity contribution in [2.45, 2.75) is 32.6 Å². The van der Waals surface area contributed by atoms with Crippen LogP contribution in [0, 0.1) is 18.8 Å². The molecule has 0 saturated heterocycles. The quantitative estimate of drug-likeness (QED) is 0.687. The maximum absolute atomic E-state index is 12.6. The highest BCUT2D eigenvalue weighted by Gasteiger charge is 2.30. The van der Waals surface area contributed by atoms with Gasteiger partial charge in [0.15, 0.2) is 5.78 Å². The summed E-state index contributed by atoms with van der Waals surface area (Å²) < 4.78 is 5.38. The van der Waals surface area contributed by atoms with Crippen LogP contribution >= 0.6 is 0 Å². The van der Waals surface area contributed by atoms with Crippen LogP contribution in [-0.4, -0.2) is 37.4 Å². The third-order valence-corrected chi connectivity index (χ3v) is 4.45. The van der Waals surface area contributed by atoms with Gasteiger partial charge in [0, 0.05) is 13.1 Å². The average Bonchev–Trinajstić information content (AvgIpc) is 3.34. The number of hydrogen-bond donors (Lipinski definition) is 0. The van der Waals surface area contributed by atoms with Gasteiger partial charge < -0.3 is 4.74 Å². The minimum Gasteiger partial charge on any atom is -0.496 e. The summed E-state index contributed by atoms with van der Waals surface area (Å²) in [6.07, 6.45) is 5.35. The van der Waals surface area contributed by atoms with E-state index in [0.29, 0.717) is 12.3 Å². The van der Waals surface area contributed by atoms with Crippen molar-refractivity contribution in [3.05, 3.63) is 29.3 Å². The van der Waals surface area contributed by atoms with Crippen molar-refractivity contribution >= 4 is 5.78 Å². The molecule has 0 unspecified atom stereocenters. The third-order valence-electron chi connectivity index (χ3n) is 4.45. The van der Waals surface area contributed by atoms with Crippen LogP contribution in [0.1, 0.15) is 41.6 Å². The highest BCUT2D eigenvalue weighted by molar-refractivity contribution is 6.00. The molecule has 2 fully saturated rings. The first kappa shape index (κ1) is 14.6. The van der Waals surface area contributed by atoms with Crippen LogP contribution < -0.4 is 4.74 Å². The number of hydrogen-bond acceptors (Lipinski definition) is 3. The summed E-state index contributed by atoms with van der Waals surface area (Å²) >= 11 is 0. The summed E-state index contributed by atoms with van der Waals surface area (Å²) in [5.41, 5.74) is 1.84. The zero-order valence-electron chi connectivity index (χ0n) is 13.1. The molecule has 0 N–H and O–H groups in total. The molecule has 3 rings (SSSR count). The molecule has 1 aromatic rings. The molecule has 2 aliphatic rings. The van der Waals surface area contributed by atoms with E-state index in [0.717, 1.165) is 36.1 Å². The van der Waals surface area contributed by atoms with Crippen LogP contribution in [0.4, 0.5) is 0 Å². The van der Waals surface area contributed by atoms with Crippen molar-refractivity contribution < 1.29 is 9.53 Å². The van der Waals surface area contributed by atoms with Gasteiger partial charge >= 0.3 is 0 Å². The number of methoxy groups -OCH3 is 1. The van der Waals surface area contributed by atoms with Crippen LogP contribution in [0.25, 0.3) is 0 Å². The summed E-state index contributed by atoms with van der Waals surface area (Å²) in [7, 11) is 1.64. The van der Waals surface area contributed by atoms with Crippen LogP contribution in [0.5, 0.6) is 5.75 Å². The summed E-state index contributed by atoms with van der Waals surface area (Å²) in [5.74, 6) is 2.55. The van der Waals surface area contributed by atoms with E-state index in [1.807, 2.05) is 25.1 Å². The predicted molar refractivity (Wildman–Crippen MR) is 83.9 cm³/mol. The van der Waals surface area contributed by atoms with Gasteiger partial charge in [-0.05, 0) is 62.1 Å². The molecule has 0 heterocycles. The molecule has 3 nitrogen and oxygen atoms in total. The van der Waals surface area contributed by atoms with Gasteiger partial charge in [0.1, 0.15) is 5.75 Å². The molecular weight excluding hydrogens is 262 g/mol. The van der Waals surface area contributed by atoms with Gasteiger partial charge in [0.25, 0.3) is 0 Å². The average molecular weight is 287 g/mol. The van der Waals surface area contributed by atoms with Gasteiger partial charge in [-0.1, -0.05) is 6.07 Å². The first-order valence-electron chi connectivity index (χ1n) is 8.06. The molecule has 0 bridgehead atoms. The summed E-state index contributed by atoms with van der Waals surface area (Å²) in [5, 5.41) is 0. The van der Waals surface area contributed by atoms with E-state index in [2.05, 4.69) is 4.90 Å². The SMILES string of the molecule is COc1cc(C)ccc1C(=O)CN(CC1CC1)CC1CC1. The Bertz CT molecular complexity index is 504. The van der Waals surface area contributed by atoms with Crippen LogP contribution in [0.15, 0.2) is 18.2 Å². The van der Waals surface area contributed by atoms with Gasteiger partial charge in [0.2, 0.25) is 0 Å². The van der Waals surface area contributed by atoms with E-state index in [1.54, 1.807) is 7.11 Å². The molecule has 3 heteroatoms. The van der Waals surface area contributed by atoms with E-state index < -0.39 is 0 Å². The number of Topliss-reactive ketones (excluding diaryl/α,β-unsaturated/α-hetero) is 1. The highest BCUT2D eigenvalue weighted by Crippen LogP contribution is 2.34. The van der Waals surface area contributed by atoms with Crippen LogP contribution in [0.3, 0.4) is 0 Å². The largest absolute Gasteiger partial charge is 0.496 e. The molecule has 2 saturated carbocycles. The van der Waals surface area contributed by atoms with Gasteiger partial charge in [-0.25, -0.2) is 0 Å². The number of benzene rings is 1. The standard InChI is InChI=1S/C18H25NO2/c1-13-3-8-16(18(9-13)21-2)17(20)12-19(10-14-4-5-14)11-15-6-7-15/h3,8-9,14-15H,4-7,10-12H2,1-2H3. The lowest BCUT2D eigenvalue weighted by Crippen LogP contribution is -2.33. The van der Waals surface area contributed by atoms with Crippen molar-refractivity contribution in [1.29, 1.82) is 0 Å². The molecule has 0 atom stereocenters. The fourth-order valence-electron chi connectivity index (χ4n) is 2.85. The number of ketones is 1. The highest BCUT2D eigenvalue weighted by atomic mass is 16.5. The Labute approximate surface area is 127 Å². The Balaban J connectivity index is 1.67. The van der Waals surface area contributed by atoms with Crippen molar-refractivity contribution in [1.82, 2.24) is 4.90 Å². The van der Waals surface area contributed by atoms with Crippen molar-refractivity contribution in [3.8, 4) is 5.75 Å². The Morgan fingerprint density at radius 1 is 1.19 bits per heavy atom. The van der Waals surface area contributed by atoms with E-state index >= 15 is 0 Å². The smallest absolute Gasteiger partial charge is 0.180 e. The van der Waals surface area contributed by atoms with E-state index in [1.165, 1.54) is 25.7 Å². The van der Waals surface area contributed by atoms with Gasteiger partial charge in [-0.3, -0.25) is 9.69 Å². The maximum Gasteiger partial charge on any atom is 0.180 e. The van der Waals surface area contributed by atoms with Crippen LogP contribution in [0.2, 0.25) is 0 Å². The molecule has 0 spiro atoms. The lowest BCUT2D eigenvalue weighted by atomic mass is 10.1. The van der Waals surface area contributed by atoms with Crippen molar-refractivity contribution in [2.24, 2.45) is 11.8 Å². The van der Waals surface area contributed by atoms with Crippen molar-refractivity contribution in [2.75, 3.05) is 26.7 Å². The lowest BCUT2D eigenvalue weighted by molar-refractivity contribution is 0.0921. The molecule has 1 aromatic carbocycles. The number of nitrogens with zero attached hydrogens (tertiary/aromatic N) is 1. The minimum absolute atomic E-state index is 0.188. The molecule has 0 aromatic heterocycles. The van der Waals surface area contributed by atoms with Crippen molar-refractivity contribution in [3.63, 3.8) is 0 Å². The molecule has 0 amide bonds. The minimum atomic E-state index is 0.188. The zero-order valence-corrected chi connectivity index (χ0v) is 13.1. The topological polar surface area (TPSA) is 29.5 Å². The molecule has 21 heavy (non-hydrogen) atoms. The van der Waals surface area contributed by atoms with Crippen LogP contribution in [-0.2, 0) is 0 Å². The van der Waals surface area contributed by atoms with Gasteiger partial charge in [-0.15, -0.1) is 0 Å². The first-order chi connectivity index (χ1) is 10.2. The Morgan fingerprint density at radius 2 is 1.81 bits per heavy atom. The molecular formula is C18H25NO2. The molecule has 0 aliphatic heterocycles. The first-order valence-corrected chi connectivity index (χ1v) is 8.06. The summed E-state index contributed by atoms with van der Waals surface area (Å²) in [4.78, 5) is 15.0. The van der Waals surface area contributed by atoms with Gasteiger partial charge in [0.05, 0.1) is 19.2 Å². The normalized spacial score (nSPS) is 18.0. The molecule has 2 aliphatic carbocycles. The van der Waals surface area contributed by atoms with E-state index in [9.17, 15) is 4.79 Å². The predicted octanol–water partition coefficient (Wildman–Crippen LogP) is 3.31. The number of carbonyl (C=O) groups excluding carboxylic acids is 1. The molecule has 0 radical (unpaired) electrons. The summed E-state index contributed by atoms with van der Waals surface area (Å²) in [6.45, 7) is 4.74. The third kappa shape index (κ3) is 4.07. The second kappa shape index (κ2) is 6.18. The monoisotopic (exact) mass is 287 g/mol. The Hall–Kier alpha value is -1.35. The fourth-order valence-corrected chi connectivity index (χ4v) is 2.85. The van der Waals surface area contributed by atoms with E-state index in [-0.39, 0.29) is 5.78 Å². The Kier molecular flexibility index (Phi) is 4.29. The number of rotatable bonds is 8. The number of ether oxygens (including phenoxy) is 1. The molecule has 114 valence electrons. The number of aryl methyl sites for hydroxylation is 1. The fraction of sp³-hybridized carbons (Fsp3) is 0.611. The second-order valence-electron chi connectivity index (χ2n) is 6.71. The summed E-state index contributed by atoms with van der Waals surface area (Å²) in [6, 6.07) is 5.84. The zero-order chi connectivity index (χ0) is 14.8. The second-order valence-corrected chi connectivity index (χ2v) is 6.71. The maximum atomic E-state index is 12.6.